The van der Waals surface area contributed by atoms with Crippen molar-refractivity contribution >= 4 is 17.8 Å². The van der Waals surface area contributed by atoms with E-state index in [-0.39, 0.29) is 35.5 Å². The molecule has 1 saturated carbocycles. The number of hydrogen-bond donors (Lipinski definition) is 1. The van der Waals surface area contributed by atoms with Crippen molar-refractivity contribution in [1.29, 1.82) is 0 Å². The molecule has 0 radical (unpaired) electrons. The van der Waals surface area contributed by atoms with E-state index >= 15 is 0 Å². The van der Waals surface area contributed by atoms with Crippen LogP contribution in [0.3, 0.4) is 0 Å². The number of aliphatic carboxylic acids is 1. The van der Waals surface area contributed by atoms with E-state index in [1.54, 1.807) is 17.2 Å². The Morgan fingerprint density at radius 3 is 2.68 bits per heavy atom. The van der Waals surface area contributed by atoms with Crippen LogP contribution in [0.25, 0.3) is 0 Å². The van der Waals surface area contributed by atoms with Crippen LogP contribution < -0.4 is 0 Å². The molecule has 1 N–H and O–H groups in total. The Bertz CT molecular complexity index is 690. The van der Waals surface area contributed by atoms with Gasteiger partial charge in [-0.3, -0.25) is 14.4 Å². The van der Waals surface area contributed by atoms with Gasteiger partial charge < -0.3 is 19.3 Å². The van der Waals surface area contributed by atoms with Gasteiger partial charge in [-0.05, 0) is 36.8 Å². The summed E-state index contributed by atoms with van der Waals surface area (Å²) in [6.45, 7) is 2.04. The minimum absolute atomic E-state index is 0.0173. The summed E-state index contributed by atoms with van der Waals surface area (Å²) in [6, 6.07) is 3.60. The third-order valence-electron chi connectivity index (χ3n) is 6.05. The molecule has 0 aromatic carbocycles. The van der Waals surface area contributed by atoms with Gasteiger partial charge >= 0.3 is 5.97 Å². The van der Waals surface area contributed by atoms with Gasteiger partial charge in [0.2, 0.25) is 11.8 Å². The molecular weight excluding hydrogens is 324 g/mol. The highest BCUT2D eigenvalue weighted by Gasteiger charge is 2.59. The maximum absolute atomic E-state index is 12.7. The van der Waals surface area contributed by atoms with E-state index in [2.05, 4.69) is 0 Å². The summed E-state index contributed by atoms with van der Waals surface area (Å²) < 4.78 is 5.28. The number of piperidine rings is 1. The molecule has 7 heteroatoms. The molecule has 2 saturated heterocycles. The summed E-state index contributed by atoms with van der Waals surface area (Å²) in [5.41, 5.74) is -0.0839. The van der Waals surface area contributed by atoms with E-state index in [9.17, 15) is 14.4 Å². The van der Waals surface area contributed by atoms with Crippen molar-refractivity contribution in [2.45, 2.75) is 32.2 Å². The summed E-state index contributed by atoms with van der Waals surface area (Å²) >= 11 is 0. The van der Waals surface area contributed by atoms with Crippen molar-refractivity contribution in [3.05, 3.63) is 24.2 Å². The van der Waals surface area contributed by atoms with Gasteiger partial charge in [0.1, 0.15) is 5.76 Å². The summed E-state index contributed by atoms with van der Waals surface area (Å²) in [5, 5.41) is 9.15. The lowest BCUT2D eigenvalue weighted by Gasteiger charge is -2.34. The SMILES string of the molecule is O=C(O)C1CC12CCN(C(=O)C1CC(=O)N(Cc3ccco3)C1)CC2. The molecule has 2 aliphatic heterocycles. The number of rotatable bonds is 4. The number of carboxylic acids is 1. The molecule has 1 aromatic heterocycles. The highest BCUT2D eigenvalue weighted by molar-refractivity contribution is 5.89. The van der Waals surface area contributed by atoms with Crippen molar-refractivity contribution in [2.75, 3.05) is 19.6 Å². The Morgan fingerprint density at radius 1 is 1.32 bits per heavy atom. The van der Waals surface area contributed by atoms with Gasteiger partial charge in [0, 0.05) is 26.1 Å². The maximum Gasteiger partial charge on any atom is 0.307 e. The summed E-state index contributed by atoms with van der Waals surface area (Å²) in [6.07, 6.45) is 4.07. The van der Waals surface area contributed by atoms with Gasteiger partial charge in [0.25, 0.3) is 0 Å². The quantitative estimate of drug-likeness (QED) is 0.888. The van der Waals surface area contributed by atoms with Crippen LogP contribution in [0.15, 0.2) is 22.8 Å². The lowest BCUT2D eigenvalue weighted by Crippen LogP contribution is -2.43. The molecule has 2 unspecified atom stereocenters. The van der Waals surface area contributed by atoms with Crippen LogP contribution in [-0.4, -0.2) is 52.3 Å². The van der Waals surface area contributed by atoms with E-state index < -0.39 is 5.97 Å². The number of carbonyl (C=O) groups excluding carboxylic acids is 2. The van der Waals surface area contributed by atoms with Crippen LogP contribution in [0.5, 0.6) is 0 Å². The largest absolute Gasteiger partial charge is 0.481 e. The van der Waals surface area contributed by atoms with Gasteiger partial charge in [0.05, 0.1) is 24.6 Å². The smallest absolute Gasteiger partial charge is 0.307 e. The number of amides is 2. The van der Waals surface area contributed by atoms with Crippen molar-refractivity contribution in [3.63, 3.8) is 0 Å². The number of carbonyl (C=O) groups is 3. The third kappa shape index (κ3) is 2.92. The molecule has 2 atom stereocenters. The summed E-state index contributed by atoms with van der Waals surface area (Å²) in [4.78, 5) is 39.5. The van der Waals surface area contributed by atoms with Crippen LogP contribution in [0, 0.1) is 17.3 Å². The van der Waals surface area contributed by atoms with E-state index in [4.69, 9.17) is 9.52 Å². The number of likely N-dealkylation sites (tertiary alicyclic amines) is 2. The molecule has 3 aliphatic rings. The number of nitrogens with zero attached hydrogens (tertiary/aromatic N) is 2. The van der Waals surface area contributed by atoms with Crippen LogP contribution in [0.4, 0.5) is 0 Å². The molecule has 25 heavy (non-hydrogen) atoms. The van der Waals surface area contributed by atoms with Crippen molar-refractivity contribution in [3.8, 4) is 0 Å². The second kappa shape index (κ2) is 5.89. The maximum atomic E-state index is 12.7. The highest BCUT2D eigenvalue weighted by Crippen LogP contribution is 2.59. The second-order valence-electron chi connectivity index (χ2n) is 7.54. The Balaban J connectivity index is 1.32. The summed E-state index contributed by atoms with van der Waals surface area (Å²) in [5.74, 6) is -0.522. The van der Waals surface area contributed by atoms with E-state index in [0.717, 1.165) is 25.0 Å². The van der Waals surface area contributed by atoms with Crippen LogP contribution in [0.1, 0.15) is 31.4 Å². The molecule has 1 aromatic rings. The number of carboxylic acid groups (broad SMARTS) is 1. The molecule has 1 spiro atoms. The van der Waals surface area contributed by atoms with E-state index in [0.29, 0.717) is 26.2 Å². The molecule has 134 valence electrons. The summed E-state index contributed by atoms with van der Waals surface area (Å²) in [7, 11) is 0. The van der Waals surface area contributed by atoms with Gasteiger partial charge in [-0.25, -0.2) is 0 Å². The first-order valence-electron chi connectivity index (χ1n) is 8.80. The number of hydrogen-bond acceptors (Lipinski definition) is 4. The molecule has 0 bridgehead atoms. The third-order valence-corrected chi connectivity index (χ3v) is 6.05. The fourth-order valence-corrected chi connectivity index (χ4v) is 4.36. The zero-order chi connectivity index (χ0) is 17.6. The molecule has 3 fully saturated rings. The van der Waals surface area contributed by atoms with Gasteiger partial charge in [-0.2, -0.15) is 0 Å². The average Bonchev–Trinajstić information content (AvgIpc) is 2.93. The molecule has 1 aliphatic carbocycles. The average molecular weight is 346 g/mol. The first kappa shape index (κ1) is 16.2. The Hall–Kier alpha value is -2.31. The lowest BCUT2D eigenvalue weighted by molar-refractivity contribution is -0.140. The molecule has 7 nitrogen and oxygen atoms in total. The standard InChI is InChI=1S/C18H22N2O5/c21-15-8-12(10-20(15)11-13-2-1-7-25-13)16(22)19-5-3-18(4-6-19)9-14(18)17(23)24/h1-2,7,12,14H,3-6,8-11H2,(H,23,24). The zero-order valence-corrected chi connectivity index (χ0v) is 14.0. The first-order valence-corrected chi connectivity index (χ1v) is 8.80. The van der Waals surface area contributed by atoms with Crippen LogP contribution in [0.2, 0.25) is 0 Å². The zero-order valence-electron chi connectivity index (χ0n) is 14.0. The Labute approximate surface area is 145 Å². The highest BCUT2D eigenvalue weighted by atomic mass is 16.4. The predicted octanol–water partition coefficient (Wildman–Crippen LogP) is 1.34. The van der Waals surface area contributed by atoms with E-state index in [1.807, 2.05) is 11.0 Å². The topological polar surface area (TPSA) is 91.1 Å². The fraction of sp³-hybridized carbons (Fsp3) is 0.611. The first-order chi connectivity index (χ1) is 12.0. The fourth-order valence-electron chi connectivity index (χ4n) is 4.36. The molecule has 3 heterocycles. The van der Waals surface area contributed by atoms with Gasteiger partial charge in [-0.15, -0.1) is 0 Å². The predicted molar refractivity (Wildman–Crippen MR) is 86.2 cm³/mol. The number of furan rings is 1. The Morgan fingerprint density at radius 2 is 2.08 bits per heavy atom. The second-order valence-corrected chi connectivity index (χ2v) is 7.54. The van der Waals surface area contributed by atoms with Crippen LogP contribution >= 0.6 is 0 Å². The molecule has 2 amide bonds. The van der Waals surface area contributed by atoms with Gasteiger partial charge in [0.15, 0.2) is 0 Å². The van der Waals surface area contributed by atoms with Crippen molar-refractivity contribution in [1.82, 2.24) is 9.80 Å². The molecule has 4 rings (SSSR count). The van der Waals surface area contributed by atoms with Crippen LogP contribution in [-0.2, 0) is 20.9 Å². The van der Waals surface area contributed by atoms with Crippen molar-refractivity contribution < 1.29 is 23.9 Å². The normalized spacial score (nSPS) is 27.8. The van der Waals surface area contributed by atoms with Crippen molar-refractivity contribution in [2.24, 2.45) is 17.3 Å². The monoisotopic (exact) mass is 346 g/mol. The molecular formula is C18H22N2O5. The van der Waals surface area contributed by atoms with Gasteiger partial charge in [-0.1, -0.05) is 0 Å². The Kier molecular flexibility index (Phi) is 3.81. The minimum Gasteiger partial charge on any atom is -0.481 e. The minimum atomic E-state index is -0.713. The lowest BCUT2D eigenvalue weighted by atomic mass is 9.90. The van der Waals surface area contributed by atoms with E-state index in [1.165, 1.54) is 0 Å².